The molecule has 1 atom stereocenters. The molecule has 1 aromatic carbocycles. The summed E-state index contributed by atoms with van der Waals surface area (Å²) in [6.45, 7) is 2.00. The highest BCUT2D eigenvalue weighted by molar-refractivity contribution is 9.10. The van der Waals surface area contributed by atoms with Gasteiger partial charge in [-0.05, 0) is 69.9 Å². The maximum atomic E-state index is 12.1. The van der Waals surface area contributed by atoms with Gasteiger partial charge in [0.2, 0.25) is 0 Å². The third-order valence-corrected chi connectivity index (χ3v) is 4.21. The zero-order valence-electron chi connectivity index (χ0n) is 10.5. The first-order valence-corrected chi connectivity index (χ1v) is 7.67. The summed E-state index contributed by atoms with van der Waals surface area (Å²) in [5.74, 6) is -0.0954. The molecule has 19 heavy (non-hydrogen) atoms. The van der Waals surface area contributed by atoms with Gasteiger partial charge in [-0.2, -0.15) is 11.3 Å². The van der Waals surface area contributed by atoms with E-state index < -0.39 is 0 Å². The second kappa shape index (κ2) is 6.21. The number of halogens is 1. The smallest absolute Gasteiger partial charge is 0.251 e. The first-order chi connectivity index (χ1) is 9.06. The Balaban J connectivity index is 1.98. The molecule has 0 radical (unpaired) electrons. The molecule has 0 saturated heterocycles. The summed E-state index contributed by atoms with van der Waals surface area (Å²) in [5, 5.41) is 7.11. The van der Waals surface area contributed by atoms with E-state index in [1.54, 1.807) is 29.5 Å². The molecule has 0 spiro atoms. The Kier molecular flexibility index (Phi) is 4.61. The van der Waals surface area contributed by atoms with E-state index in [0.29, 0.717) is 11.3 Å². The molecule has 0 saturated carbocycles. The lowest BCUT2D eigenvalue weighted by molar-refractivity contribution is 0.0940. The number of nitrogens with two attached hydrogens (primary N) is 1. The summed E-state index contributed by atoms with van der Waals surface area (Å²) < 4.78 is 0.801. The standard InChI is InChI=1S/C14H15BrN2OS/c1-9(6-10-4-5-19-8-10)17-14(18)11-2-3-12(15)13(16)7-11/h2-5,7-9H,6,16H2,1H3,(H,17,18). The molecule has 5 heteroatoms. The molecule has 3 N–H and O–H groups in total. The number of carbonyl (C=O) groups excluding carboxylic acids is 1. The molecule has 1 aromatic heterocycles. The Labute approximate surface area is 125 Å². The van der Waals surface area contributed by atoms with E-state index in [1.807, 2.05) is 12.3 Å². The fourth-order valence-corrected chi connectivity index (χ4v) is 2.73. The van der Waals surface area contributed by atoms with Gasteiger partial charge < -0.3 is 11.1 Å². The Morgan fingerprint density at radius 1 is 1.47 bits per heavy atom. The number of nitrogen functional groups attached to an aromatic ring is 1. The van der Waals surface area contributed by atoms with E-state index in [1.165, 1.54) is 5.56 Å². The first-order valence-electron chi connectivity index (χ1n) is 5.93. The molecule has 1 unspecified atom stereocenters. The van der Waals surface area contributed by atoms with Crippen molar-refractivity contribution in [3.63, 3.8) is 0 Å². The average molecular weight is 339 g/mol. The van der Waals surface area contributed by atoms with Gasteiger partial charge in [0.25, 0.3) is 5.91 Å². The zero-order chi connectivity index (χ0) is 13.8. The molecule has 0 aliphatic carbocycles. The van der Waals surface area contributed by atoms with Gasteiger partial charge in [0, 0.05) is 21.8 Å². The molecule has 0 fully saturated rings. The van der Waals surface area contributed by atoms with Crippen molar-refractivity contribution < 1.29 is 4.79 Å². The van der Waals surface area contributed by atoms with Gasteiger partial charge >= 0.3 is 0 Å². The molecule has 0 aliphatic heterocycles. The maximum Gasteiger partial charge on any atom is 0.251 e. The number of amides is 1. The van der Waals surface area contributed by atoms with E-state index in [-0.39, 0.29) is 11.9 Å². The van der Waals surface area contributed by atoms with Gasteiger partial charge in [-0.25, -0.2) is 0 Å². The Hall–Kier alpha value is -1.33. The molecule has 0 aliphatic rings. The van der Waals surface area contributed by atoms with Gasteiger partial charge in [-0.15, -0.1) is 0 Å². The number of carbonyl (C=O) groups is 1. The van der Waals surface area contributed by atoms with Crippen LogP contribution in [0.4, 0.5) is 5.69 Å². The van der Waals surface area contributed by atoms with Crippen LogP contribution in [0, 0.1) is 0 Å². The van der Waals surface area contributed by atoms with Crippen molar-refractivity contribution in [1.29, 1.82) is 0 Å². The largest absolute Gasteiger partial charge is 0.398 e. The van der Waals surface area contributed by atoms with Crippen LogP contribution < -0.4 is 11.1 Å². The van der Waals surface area contributed by atoms with Crippen molar-refractivity contribution in [3.8, 4) is 0 Å². The minimum absolute atomic E-state index is 0.0898. The molecular formula is C14H15BrN2OS. The number of thiophene rings is 1. The van der Waals surface area contributed by atoms with Crippen molar-refractivity contribution in [2.45, 2.75) is 19.4 Å². The zero-order valence-corrected chi connectivity index (χ0v) is 12.9. The van der Waals surface area contributed by atoms with Gasteiger partial charge in [-0.1, -0.05) is 0 Å². The number of rotatable bonds is 4. The first kappa shape index (κ1) is 14.1. The van der Waals surface area contributed by atoms with Crippen LogP contribution in [0.3, 0.4) is 0 Å². The molecular weight excluding hydrogens is 324 g/mol. The lowest BCUT2D eigenvalue weighted by Gasteiger charge is -2.13. The third kappa shape index (κ3) is 3.81. The quantitative estimate of drug-likeness (QED) is 0.839. The predicted octanol–water partition coefficient (Wildman–Crippen LogP) is 3.45. The predicted molar refractivity (Wildman–Crippen MR) is 83.5 cm³/mol. The van der Waals surface area contributed by atoms with Crippen molar-refractivity contribution >= 4 is 38.9 Å². The van der Waals surface area contributed by atoms with Crippen molar-refractivity contribution in [3.05, 3.63) is 50.6 Å². The van der Waals surface area contributed by atoms with Crippen molar-refractivity contribution in [1.82, 2.24) is 5.32 Å². The van der Waals surface area contributed by atoms with E-state index in [0.717, 1.165) is 10.9 Å². The summed E-state index contributed by atoms with van der Waals surface area (Å²) in [4.78, 5) is 12.1. The van der Waals surface area contributed by atoms with Gasteiger partial charge in [0.05, 0.1) is 0 Å². The lowest BCUT2D eigenvalue weighted by Crippen LogP contribution is -2.34. The number of nitrogens with one attached hydrogen (secondary N) is 1. The second-order valence-electron chi connectivity index (χ2n) is 4.45. The lowest BCUT2D eigenvalue weighted by atomic mass is 10.1. The Morgan fingerprint density at radius 3 is 2.89 bits per heavy atom. The maximum absolute atomic E-state index is 12.1. The normalized spacial score (nSPS) is 12.1. The van der Waals surface area contributed by atoms with E-state index >= 15 is 0 Å². The van der Waals surface area contributed by atoms with Crippen molar-refractivity contribution in [2.24, 2.45) is 0 Å². The van der Waals surface area contributed by atoms with Gasteiger partial charge in [0.15, 0.2) is 0 Å². The van der Waals surface area contributed by atoms with Gasteiger partial charge in [0.1, 0.15) is 0 Å². The highest BCUT2D eigenvalue weighted by Crippen LogP contribution is 2.20. The molecule has 100 valence electrons. The average Bonchev–Trinajstić information content (AvgIpc) is 2.85. The molecule has 2 rings (SSSR count). The van der Waals surface area contributed by atoms with E-state index in [4.69, 9.17) is 5.73 Å². The molecule has 0 bridgehead atoms. The van der Waals surface area contributed by atoms with Crippen LogP contribution in [-0.2, 0) is 6.42 Å². The van der Waals surface area contributed by atoms with E-state index in [2.05, 4.69) is 32.7 Å². The second-order valence-corrected chi connectivity index (χ2v) is 6.08. The van der Waals surface area contributed by atoms with Crippen molar-refractivity contribution in [2.75, 3.05) is 5.73 Å². The van der Waals surface area contributed by atoms with Crippen LogP contribution in [0.25, 0.3) is 0 Å². The van der Waals surface area contributed by atoms with Crippen LogP contribution in [0.1, 0.15) is 22.8 Å². The molecule has 1 amide bonds. The van der Waals surface area contributed by atoms with Crippen LogP contribution in [0.2, 0.25) is 0 Å². The summed E-state index contributed by atoms with van der Waals surface area (Å²) in [5.41, 5.74) is 8.17. The fraction of sp³-hybridized carbons (Fsp3) is 0.214. The fourth-order valence-electron chi connectivity index (χ4n) is 1.81. The minimum Gasteiger partial charge on any atom is -0.398 e. The Morgan fingerprint density at radius 2 is 2.26 bits per heavy atom. The highest BCUT2D eigenvalue weighted by Gasteiger charge is 2.11. The summed E-state index contributed by atoms with van der Waals surface area (Å²) >= 11 is 4.98. The minimum atomic E-state index is -0.0954. The number of hydrogen-bond acceptors (Lipinski definition) is 3. The summed E-state index contributed by atoms with van der Waals surface area (Å²) in [7, 11) is 0. The third-order valence-electron chi connectivity index (χ3n) is 2.76. The van der Waals surface area contributed by atoms with E-state index in [9.17, 15) is 4.79 Å². The number of benzene rings is 1. The van der Waals surface area contributed by atoms with Gasteiger partial charge in [-0.3, -0.25) is 4.79 Å². The van der Waals surface area contributed by atoms with Crippen LogP contribution >= 0.6 is 27.3 Å². The number of hydrogen-bond donors (Lipinski definition) is 2. The summed E-state index contributed by atoms with van der Waals surface area (Å²) in [6.07, 6.45) is 0.835. The molecule has 1 heterocycles. The molecule has 2 aromatic rings. The van der Waals surface area contributed by atoms with Crippen LogP contribution in [0.5, 0.6) is 0 Å². The highest BCUT2D eigenvalue weighted by atomic mass is 79.9. The SMILES string of the molecule is CC(Cc1ccsc1)NC(=O)c1ccc(Br)c(N)c1. The summed E-state index contributed by atoms with van der Waals surface area (Å²) in [6, 6.07) is 7.38. The molecule has 3 nitrogen and oxygen atoms in total. The van der Waals surface area contributed by atoms with Crippen LogP contribution in [0.15, 0.2) is 39.5 Å². The number of anilines is 1. The topological polar surface area (TPSA) is 55.1 Å². The monoisotopic (exact) mass is 338 g/mol. The van der Waals surface area contributed by atoms with Crippen LogP contribution in [-0.4, -0.2) is 11.9 Å². The Bertz CT molecular complexity index is 569.